The monoisotopic (exact) mass is 289 g/mol. The first kappa shape index (κ1) is 12.8. The van der Waals surface area contributed by atoms with Crippen LogP contribution in [-0.2, 0) is 7.05 Å². The van der Waals surface area contributed by atoms with Crippen LogP contribution in [0.1, 0.15) is 5.69 Å². The molecule has 4 heteroatoms. The molecule has 0 saturated heterocycles. The van der Waals surface area contributed by atoms with Gasteiger partial charge in [0.25, 0.3) is 5.56 Å². The molecule has 0 saturated carbocycles. The van der Waals surface area contributed by atoms with Crippen molar-refractivity contribution in [2.75, 3.05) is 0 Å². The van der Waals surface area contributed by atoms with E-state index >= 15 is 0 Å². The van der Waals surface area contributed by atoms with E-state index in [4.69, 9.17) is 0 Å². The molecule has 0 aliphatic carbocycles. The van der Waals surface area contributed by atoms with E-state index in [-0.39, 0.29) is 5.56 Å². The lowest BCUT2D eigenvalue weighted by atomic mass is 10.1. The van der Waals surface area contributed by atoms with Crippen LogP contribution in [0.3, 0.4) is 0 Å². The highest BCUT2D eigenvalue weighted by Crippen LogP contribution is 2.26. The van der Waals surface area contributed by atoms with Crippen LogP contribution in [0.2, 0.25) is 0 Å². The van der Waals surface area contributed by atoms with Crippen molar-refractivity contribution >= 4 is 21.8 Å². The van der Waals surface area contributed by atoms with Crippen LogP contribution in [0.5, 0.6) is 0 Å². The average molecular weight is 289 g/mol. The number of rotatable bonds is 1. The molecule has 0 atom stereocenters. The van der Waals surface area contributed by atoms with Gasteiger partial charge >= 0.3 is 0 Å². The van der Waals surface area contributed by atoms with Crippen LogP contribution in [0, 0.1) is 6.92 Å². The van der Waals surface area contributed by atoms with Gasteiger partial charge in [0.2, 0.25) is 0 Å². The smallest absolute Gasteiger partial charge is 0.279 e. The summed E-state index contributed by atoms with van der Waals surface area (Å²) in [7, 11) is 1.79. The van der Waals surface area contributed by atoms with Crippen molar-refractivity contribution in [1.82, 2.24) is 14.3 Å². The summed E-state index contributed by atoms with van der Waals surface area (Å²) in [6.07, 6.45) is 0. The molecule has 0 aliphatic heterocycles. The van der Waals surface area contributed by atoms with E-state index in [1.807, 2.05) is 66.2 Å². The van der Waals surface area contributed by atoms with Gasteiger partial charge in [-0.15, -0.1) is 0 Å². The third-order valence-electron chi connectivity index (χ3n) is 4.16. The highest BCUT2D eigenvalue weighted by atomic mass is 16.1. The molecule has 22 heavy (non-hydrogen) atoms. The number of nitrogens with zero attached hydrogens (tertiary/aromatic N) is 3. The second kappa shape index (κ2) is 4.56. The minimum Gasteiger partial charge on any atom is -0.309 e. The summed E-state index contributed by atoms with van der Waals surface area (Å²) in [5.74, 6) is 0. The van der Waals surface area contributed by atoms with Gasteiger partial charge in [0.05, 0.1) is 11.2 Å². The van der Waals surface area contributed by atoms with E-state index in [1.165, 1.54) is 0 Å². The Labute approximate surface area is 127 Å². The number of hydrogen-bond acceptors (Lipinski definition) is 2. The summed E-state index contributed by atoms with van der Waals surface area (Å²) in [6, 6.07) is 17.8. The minimum atomic E-state index is -0.0634. The van der Waals surface area contributed by atoms with E-state index < -0.39 is 0 Å². The second-order valence-corrected chi connectivity index (χ2v) is 5.44. The first-order valence-electron chi connectivity index (χ1n) is 7.21. The van der Waals surface area contributed by atoms with Crippen molar-refractivity contribution in [3.8, 4) is 5.69 Å². The van der Waals surface area contributed by atoms with Crippen molar-refractivity contribution in [2.24, 2.45) is 7.05 Å². The summed E-state index contributed by atoms with van der Waals surface area (Å²) in [6.45, 7) is 2.01. The van der Waals surface area contributed by atoms with Gasteiger partial charge in [-0.05, 0) is 25.1 Å². The predicted molar refractivity (Wildman–Crippen MR) is 88.6 cm³/mol. The zero-order valence-corrected chi connectivity index (χ0v) is 12.4. The van der Waals surface area contributed by atoms with E-state index in [9.17, 15) is 4.79 Å². The Hall–Kier alpha value is -2.88. The molecule has 0 unspecified atom stereocenters. The molecule has 0 radical (unpaired) electrons. The third kappa shape index (κ3) is 1.64. The molecule has 0 amide bonds. The average Bonchev–Trinajstić information content (AvgIpc) is 2.91. The number of hydrogen-bond donors (Lipinski definition) is 0. The van der Waals surface area contributed by atoms with Crippen molar-refractivity contribution < 1.29 is 0 Å². The molecule has 4 rings (SSSR count). The molecule has 2 heterocycles. The molecule has 2 aromatic carbocycles. The Morgan fingerprint density at radius 2 is 1.64 bits per heavy atom. The standard InChI is InChI=1S/C18H15N3O/c1-12-16-14-10-6-7-11-15(14)20(2)18(22)17(16)19-21(12)13-8-4-3-5-9-13/h3-11H,1-2H3. The summed E-state index contributed by atoms with van der Waals surface area (Å²) in [5, 5.41) is 6.56. The lowest BCUT2D eigenvalue weighted by molar-refractivity contribution is 0.850. The molecule has 108 valence electrons. The molecule has 0 spiro atoms. The second-order valence-electron chi connectivity index (χ2n) is 5.44. The number of aryl methyl sites for hydroxylation is 2. The van der Waals surface area contributed by atoms with Crippen LogP contribution in [-0.4, -0.2) is 14.3 Å². The maximum Gasteiger partial charge on any atom is 0.279 e. The third-order valence-corrected chi connectivity index (χ3v) is 4.16. The number of benzene rings is 2. The Balaban J connectivity index is 2.22. The lowest BCUT2D eigenvalue weighted by Gasteiger charge is -2.06. The van der Waals surface area contributed by atoms with E-state index in [0.29, 0.717) is 5.52 Å². The summed E-state index contributed by atoms with van der Waals surface area (Å²) >= 11 is 0. The fraction of sp³-hybridized carbons (Fsp3) is 0.111. The summed E-state index contributed by atoms with van der Waals surface area (Å²) in [4.78, 5) is 12.6. The lowest BCUT2D eigenvalue weighted by Crippen LogP contribution is -2.17. The summed E-state index contributed by atoms with van der Waals surface area (Å²) in [5.41, 5.74) is 3.32. The van der Waals surface area contributed by atoms with Crippen LogP contribution >= 0.6 is 0 Å². The fourth-order valence-corrected chi connectivity index (χ4v) is 3.04. The Morgan fingerprint density at radius 1 is 0.955 bits per heavy atom. The van der Waals surface area contributed by atoms with Crippen LogP contribution in [0.15, 0.2) is 59.4 Å². The zero-order chi connectivity index (χ0) is 15.3. The van der Waals surface area contributed by atoms with Gasteiger partial charge in [0.15, 0.2) is 5.52 Å². The first-order valence-corrected chi connectivity index (χ1v) is 7.21. The topological polar surface area (TPSA) is 39.8 Å². The fourth-order valence-electron chi connectivity index (χ4n) is 3.04. The number of para-hydroxylation sites is 2. The molecule has 0 aliphatic rings. The van der Waals surface area contributed by atoms with Gasteiger partial charge in [-0.3, -0.25) is 4.79 Å². The van der Waals surface area contributed by atoms with E-state index in [0.717, 1.165) is 27.7 Å². The molecule has 2 aromatic heterocycles. The van der Waals surface area contributed by atoms with Crippen molar-refractivity contribution in [2.45, 2.75) is 6.92 Å². The van der Waals surface area contributed by atoms with Crippen LogP contribution < -0.4 is 5.56 Å². The van der Waals surface area contributed by atoms with Gasteiger partial charge in [-0.1, -0.05) is 36.4 Å². The molecule has 4 nitrogen and oxygen atoms in total. The van der Waals surface area contributed by atoms with Crippen molar-refractivity contribution in [3.63, 3.8) is 0 Å². The van der Waals surface area contributed by atoms with Gasteiger partial charge in [-0.2, -0.15) is 5.10 Å². The maximum atomic E-state index is 12.6. The molecular weight excluding hydrogens is 274 g/mol. The Bertz CT molecular complexity index is 1060. The SMILES string of the molecule is Cc1c2c(nn1-c1ccccc1)c(=O)n(C)c1ccccc21. The molecule has 0 N–H and O–H groups in total. The van der Waals surface area contributed by atoms with E-state index in [1.54, 1.807) is 11.6 Å². The van der Waals surface area contributed by atoms with E-state index in [2.05, 4.69) is 5.10 Å². The quantitative estimate of drug-likeness (QED) is 0.540. The Morgan fingerprint density at radius 3 is 2.41 bits per heavy atom. The number of fused-ring (bicyclic) bond motifs is 3. The maximum absolute atomic E-state index is 12.6. The largest absolute Gasteiger partial charge is 0.309 e. The van der Waals surface area contributed by atoms with Crippen molar-refractivity contribution in [3.05, 3.63) is 70.6 Å². The summed E-state index contributed by atoms with van der Waals surface area (Å²) < 4.78 is 3.51. The van der Waals surface area contributed by atoms with Gasteiger partial charge in [0.1, 0.15) is 0 Å². The zero-order valence-electron chi connectivity index (χ0n) is 12.4. The predicted octanol–water partition coefficient (Wildman–Crippen LogP) is 3.19. The minimum absolute atomic E-state index is 0.0634. The van der Waals surface area contributed by atoms with Gasteiger partial charge in [-0.25, -0.2) is 4.68 Å². The normalized spacial score (nSPS) is 11.4. The molecule has 0 fully saturated rings. The molecule has 4 aromatic rings. The highest BCUT2D eigenvalue weighted by molar-refractivity contribution is 6.05. The van der Waals surface area contributed by atoms with Crippen molar-refractivity contribution in [1.29, 1.82) is 0 Å². The first-order chi connectivity index (χ1) is 10.7. The van der Waals surface area contributed by atoms with Crippen LogP contribution in [0.25, 0.3) is 27.5 Å². The molecular formula is C18H15N3O. The highest BCUT2D eigenvalue weighted by Gasteiger charge is 2.16. The van der Waals surface area contributed by atoms with Gasteiger partial charge in [0, 0.05) is 23.5 Å². The Kier molecular flexibility index (Phi) is 2.66. The number of aromatic nitrogens is 3. The molecule has 0 bridgehead atoms. The van der Waals surface area contributed by atoms with Crippen LogP contribution in [0.4, 0.5) is 0 Å². The van der Waals surface area contributed by atoms with Gasteiger partial charge < -0.3 is 4.57 Å². The number of pyridine rings is 1.